The van der Waals surface area contributed by atoms with E-state index in [2.05, 4.69) is 5.32 Å². The van der Waals surface area contributed by atoms with Crippen LogP contribution in [0, 0.1) is 0 Å². The Morgan fingerprint density at radius 1 is 0.903 bits per heavy atom. The third-order valence-corrected chi connectivity index (χ3v) is 5.11. The first-order chi connectivity index (χ1) is 15.1. The predicted molar refractivity (Wildman–Crippen MR) is 120 cm³/mol. The summed E-state index contributed by atoms with van der Waals surface area (Å²) in [6.07, 6.45) is 0.800. The summed E-state index contributed by atoms with van der Waals surface area (Å²) >= 11 is 0. The van der Waals surface area contributed by atoms with Gasteiger partial charge in [-0.3, -0.25) is 4.79 Å². The molecule has 1 N–H and O–H groups in total. The molecule has 0 radical (unpaired) electrons. The van der Waals surface area contributed by atoms with E-state index in [0.717, 1.165) is 29.0 Å². The van der Waals surface area contributed by atoms with E-state index in [-0.39, 0.29) is 25.2 Å². The highest BCUT2D eigenvalue weighted by Crippen LogP contribution is 2.31. The highest BCUT2D eigenvalue weighted by atomic mass is 16.6. The van der Waals surface area contributed by atoms with Gasteiger partial charge in [0.2, 0.25) is 0 Å². The molecule has 0 fully saturated rings. The number of nitrogens with zero attached hydrogens (tertiary/aromatic N) is 1. The lowest BCUT2D eigenvalue weighted by molar-refractivity contribution is -0.149. The fraction of sp³-hybridized carbons (Fsp3) is 0.200. The molecule has 3 aromatic rings. The largest absolute Gasteiger partial charge is 0.482 e. The van der Waals surface area contributed by atoms with Crippen molar-refractivity contribution < 1.29 is 19.1 Å². The molecule has 3 aromatic carbocycles. The van der Waals surface area contributed by atoms with Gasteiger partial charge in [0.1, 0.15) is 5.75 Å². The van der Waals surface area contributed by atoms with Crippen molar-refractivity contribution in [1.29, 1.82) is 0 Å². The summed E-state index contributed by atoms with van der Waals surface area (Å²) in [5.41, 5.74) is 3.91. The molecule has 6 nitrogen and oxygen atoms in total. The Balaban J connectivity index is 1.24. The molecule has 1 atom stereocenters. The standard InChI is InChI=1S/C25H24N2O4/c1-18-15-19-7-5-6-10-23(19)27(18)24(28)16-31-25(29)17-30-22-13-11-21(12-14-22)26-20-8-3-2-4-9-20/h2-14,18,26H,15-17H2,1H3/t18-/m0/s1. The maximum absolute atomic E-state index is 12.6. The average molecular weight is 416 g/mol. The summed E-state index contributed by atoms with van der Waals surface area (Å²) in [7, 11) is 0. The number of rotatable bonds is 7. The maximum atomic E-state index is 12.6. The summed E-state index contributed by atoms with van der Waals surface area (Å²) in [5.74, 6) is -0.272. The third kappa shape index (κ3) is 5.04. The van der Waals surface area contributed by atoms with E-state index >= 15 is 0 Å². The van der Waals surface area contributed by atoms with Gasteiger partial charge >= 0.3 is 5.97 Å². The second-order valence-electron chi connectivity index (χ2n) is 7.41. The Kier molecular flexibility index (Phi) is 6.17. The Hall–Kier alpha value is -3.80. The fourth-order valence-electron chi connectivity index (χ4n) is 3.66. The van der Waals surface area contributed by atoms with E-state index in [9.17, 15) is 9.59 Å². The van der Waals surface area contributed by atoms with E-state index in [1.165, 1.54) is 0 Å². The van der Waals surface area contributed by atoms with Gasteiger partial charge in [-0.25, -0.2) is 4.79 Å². The van der Waals surface area contributed by atoms with Crippen molar-refractivity contribution in [3.05, 3.63) is 84.4 Å². The molecule has 0 spiro atoms. The number of anilines is 3. The minimum Gasteiger partial charge on any atom is -0.482 e. The predicted octanol–water partition coefficient (Wildman–Crippen LogP) is 4.33. The van der Waals surface area contributed by atoms with Crippen molar-refractivity contribution in [3.63, 3.8) is 0 Å². The first kappa shape index (κ1) is 20.5. The van der Waals surface area contributed by atoms with Gasteiger partial charge in [-0.1, -0.05) is 36.4 Å². The smallest absolute Gasteiger partial charge is 0.344 e. The van der Waals surface area contributed by atoms with Gasteiger partial charge < -0.3 is 19.7 Å². The Morgan fingerprint density at radius 3 is 2.35 bits per heavy atom. The quantitative estimate of drug-likeness (QED) is 0.581. The third-order valence-electron chi connectivity index (χ3n) is 5.11. The van der Waals surface area contributed by atoms with Gasteiger partial charge in [0.25, 0.3) is 5.91 Å². The zero-order valence-electron chi connectivity index (χ0n) is 17.3. The summed E-state index contributed by atoms with van der Waals surface area (Å²) in [5, 5.41) is 3.28. The number of nitrogens with one attached hydrogen (secondary N) is 1. The van der Waals surface area contributed by atoms with Crippen LogP contribution < -0.4 is 15.0 Å². The zero-order chi connectivity index (χ0) is 21.6. The summed E-state index contributed by atoms with van der Waals surface area (Å²) in [4.78, 5) is 26.3. The zero-order valence-corrected chi connectivity index (χ0v) is 17.3. The van der Waals surface area contributed by atoms with Gasteiger partial charge in [0, 0.05) is 23.1 Å². The number of benzene rings is 3. The first-order valence-electron chi connectivity index (χ1n) is 10.2. The lowest BCUT2D eigenvalue weighted by Crippen LogP contribution is -2.39. The molecule has 1 amide bonds. The van der Waals surface area contributed by atoms with Gasteiger partial charge in [0.15, 0.2) is 13.2 Å². The van der Waals surface area contributed by atoms with Crippen LogP contribution in [0.4, 0.5) is 17.1 Å². The van der Waals surface area contributed by atoms with Crippen molar-refractivity contribution in [2.45, 2.75) is 19.4 Å². The van der Waals surface area contributed by atoms with Gasteiger partial charge in [-0.15, -0.1) is 0 Å². The monoisotopic (exact) mass is 416 g/mol. The molecule has 6 heteroatoms. The molecule has 1 heterocycles. The minimum absolute atomic E-state index is 0.0443. The van der Waals surface area contributed by atoms with E-state index in [1.807, 2.05) is 73.7 Å². The molecule has 1 aliphatic rings. The van der Waals surface area contributed by atoms with Crippen molar-refractivity contribution in [3.8, 4) is 5.75 Å². The van der Waals surface area contributed by atoms with Crippen LogP contribution in [-0.4, -0.2) is 31.1 Å². The number of amides is 1. The molecule has 158 valence electrons. The molecule has 4 rings (SSSR count). The van der Waals surface area contributed by atoms with E-state index in [1.54, 1.807) is 17.0 Å². The van der Waals surface area contributed by atoms with Crippen molar-refractivity contribution in [1.82, 2.24) is 0 Å². The summed E-state index contributed by atoms with van der Waals surface area (Å²) in [6.45, 7) is 1.42. The van der Waals surface area contributed by atoms with Gasteiger partial charge in [-0.2, -0.15) is 0 Å². The van der Waals surface area contributed by atoms with Crippen LogP contribution in [0.15, 0.2) is 78.9 Å². The second-order valence-corrected chi connectivity index (χ2v) is 7.41. The Labute approximate surface area is 181 Å². The number of esters is 1. The van der Waals surface area contributed by atoms with Gasteiger partial charge in [0.05, 0.1) is 0 Å². The van der Waals surface area contributed by atoms with Crippen molar-refractivity contribution in [2.75, 3.05) is 23.4 Å². The average Bonchev–Trinajstić information content (AvgIpc) is 3.13. The maximum Gasteiger partial charge on any atom is 0.344 e. The highest BCUT2D eigenvalue weighted by Gasteiger charge is 2.30. The molecule has 0 saturated heterocycles. The van der Waals surface area contributed by atoms with Gasteiger partial charge in [-0.05, 0) is 61.4 Å². The number of fused-ring (bicyclic) bond motifs is 1. The van der Waals surface area contributed by atoms with Crippen LogP contribution >= 0.6 is 0 Å². The number of carbonyl (C=O) groups is 2. The van der Waals surface area contributed by atoms with E-state index in [4.69, 9.17) is 9.47 Å². The minimum atomic E-state index is -0.583. The van der Waals surface area contributed by atoms with E-state index in [0.29, 0.717) is 5.75 Å². The highest BCUT2D eigenvalue weighted by molar-refractivity contribution is 5.97. The number of hydrogen-bond acceptors (Lipinski definition) is 5. The molecule has 0 aromatic heterocycles. The first-order valence-corrected chi connectivity index (χ1v) is 10.2. The van der Waals surface area contributed by atoms with Crippen LogP contribution in [0.2, 0.25) is 0 Å². The topological polar surface area (TPSA) is 67.9 Å². The van der Waals surface area contributed by atoms with Crippen LogP contribution in [0.1, 0.15) is 12.5 Å². The van der Waals surface area contributed by atoms with Crippen molar-refractivity contribution in [2.24, 2.45) is 0 Å². The molecule has 0 unspecified atom stereocenters. The van der Waals surface area contributed by atoms with Crippen LogP contribution in [0.3, 0.4) is 0 Å². The Bertz CT molecular complexity index is 1050. The van der Waals surface area contributed by atoms with E-state index < -0.39 is 5.97 Å². The van der Waals surface area contributed by atoms with Crippen LogP contribution in [0.25, 0.3) is 0 Å². The number of hydrogen-bond donors (Lipinski definition) is 1. The number of ether oxygens (including phenoxy) is 2. The lowest BCUT2D eigenvalue weighted by atomic mass is 10.1. The number of carbonyl (C=O) groups excluding carboxylic acids is 2. The van der Waals surface area contributed by atoms with Crippen LogP contribution in [-0.2, 0) is 20.7 Å². The molecule has 31 heavy (non-hydrogen) atoms. The summed E-state index contributed by atoms with van der Waals surface area (Å²) < 4.78 is 10.6. The van der Waals surface area contributed by atoms with Crippen molar-refractivity contribution >= 4 is 28.9 Å². The summed E-state index contributed by atoms with van der Waals surface area (Å²) in [6, 6.07) is 24.9. The molecular weight excluding hydrogens is 392 g/mol. The fourth-order valence-corrected chi connectivity index (χ4v) is 3.66. The molecular formula is C25H24N2O4. The molecule has 0 bridgehead atoms. The number of para-hydroxylation sites is 2. The normalized spacial score (nSPS) is 14.6. The SMILES string of the molecule is C[C@H]1Cc2ccccc2N1C(=O)COC(=O)COc1ccc(Nc2ccccc2)cc1. The molecule has 1 aliphatic heterocycles. The second kappa shape index (κ2) is 9.34. The molecule has 0 aliphatic carbocycles. The molecule has 0 saturated carbocycles. The van der Waals surface area contributed by atoms with Crippen LogP contribution in [0.5, 0.6) is 5.75 Å². The Morgan fingerprint density at radius 2 is 1.58 bits per heavy atom. The lowest BCUT2D eigenvalue weighted by Gasteiger charge is -2.22.